The molecule has 2 aliphatic carbocycles. The van der Waals surface area contributed by atoms with E-state index in [4.69, 9.17) is 9.47 Å². The topological polar surface area (TPSA) is 52.6 Å². The van der Waals surface area contributed by atoms with Crippen LogP contribution in [-0.2, 0) is 19.1 Å². The Labute approximate surface area is 146 Å². The molecule has 0 aromatic heterocycles. The Hall–Kier alpha value is -1.06. The molecule has 4 heteroatoms. The van der Waals surface area contributed by atoms with Gasteiger partial charge in [0.2, 0.25) is 0 Å². The first-order chi connectivity index (χ1) is 11.4. The van der Waals surface area contributed by atoms with Gasteiger partial charge >= 0.3 is 11.9 Å². The second-order valence-corrected chi connectivity index (χ2v) is 7.88. The van der Waals surface area contributed by atoms with Crippen LogP contribution >= 0.6 is 0 Å². The molecular weight excluding hydrogens is 304 g/mol. The van der Waals surface area contributed by atoms with Gasteiger partial charge in [0.25, 0.3) is 0 Å². The molecule has 2 rings (SSSR count). The lowest BCUT2D eigenvalue weighted by Gasteiger charge is -2.41. The Morgan fingerprint density at radius 1 is 0.792 bits per heavy atom. The molecule has 2 saturated carbocycles. The van der Waals surface area contributed by atoms with Crippen molar-refractivity contribution in [2.45, 2.75) is 91.3 Å². The molecule has 2 aliphatic rings. The molecular formula is C20H34O4. The Kier molecular flexibility index (Phi) is 7.12. The lowest BCUT2D eigenvalue weighted by molar-refractivity contribution is -0.162. The highest BCUT2D eigenvalue weighted by molar-refractivity contribution is 5.72. The van der Waals surface area contributed by atoms with Crippen molar-refractivity contribution in [2.24, 2.45) is 23.7 Å². The normalized spacial score (nSPS) is 32.3. The molecule has 0 spiro atoms. The fourth-order valence-electron chi connectivity index (χ4n) is 3.91. The number of esters is 2. The van der Waals surface area contributed by atoms with E-state index in [2.05, 4.69) is 0 Å². The van der Waals surface area contributed by atoms with Crippen molar-refractivity contribution in [2.75, 3.05) is 0 Å². The van der Waals surface area contributed by atoms with Crippen LogP contribution in [0.4, 0.5) is 0 Å². The third-order valence-corrected chi connectivity index (χ3v) is 6.11. The van der Waals surface area contributed by atoms with Crippen LogP contribution in [0.1, 0.15) is 79.1 Å². The van der Waals surface area contributed by atoms with Gasteiger partial charge in [-0.1, -0.05) is 27.7 Å². The highest BCUT2D eigenvalue weighted by Crippen LogP contribution is 2.42. The standard InChI is InChI=1S/C20H34O4/c1-5-13(3)19(21)23-17-9-7-16-12-18(10-8-15(16)11-17)24-20(22)14(4)6-2/h13-18H,5-12H2,1-4H3. The third kappa shape index (κ3) is 4.97. The van der Waals surface area contributed by atoms with Crippen LogP contribution in [0, 0.1) is 23.7 Å². The maximum atomic E-state index is 12.0. The predicted molar refractivity (Wildman–Crippen MR) is 93.4 cm³/mol. The molecule has 0 amide bonds. The average Bonchev–Trinajstić information content (AvgIpc) is 2.60. The zero-order valence-corrected chi connectivity index (χ0v) is 15.8. The minimum atomic E-state index is -0.0443. The predicted octanol–water partition coefficient (Wildman–Crippen LogP) is 4.50. The van der Waals surface area contributed by atoms with Crippen LogP contribution in [0.5, 0.6) is 0 Å². The molecule has 0 radical (unpaired) electrons. The molecule has 24 heavy (non-hydrogen) atoms. The summed E-state index contributed by atoms with van der Waals surface area (Å²) in [6, 6.07) is 0. The number of rotatable bonds is 6. The van der Waals surface area contributed by atoms with Crippen LogP contribution in [0.25, 0.3) is 0 Å². The molecule has 6 unspecified atom stereocenters. The summed E-state index contributed by atoms with van der Waals surface area (Å²) in [5, 5.41) is 0. The van der Waals surface area contributed by atoms with Gasteiger partial charge < -0.3 is 9.47 Å². The van der Waals surface area contributed by atoms with Gasteiger partial charge in [0.15, 0.2) is 0 Å². The van der Waals surface area contributed by atoms with Gasteiger partial charge in [0.1, 0.15) is 12.2 Å². The molecule has 0 heterocycles. The van der Waals surface area contributed by atoms with E-state index in [-0.39, 0.29) is 36.0 Å². The van der Waals surface area contributed by atoms with E-state index in [1.165, 1.54) is 0 Å². The van der Waals surface area contributed by atoms with Crippen molar-refractivity contribution in [3.05, 3.63) is 0 Å². The monoisotopic (exact) mass is 338 g/mol. The lowest BCUT2D eigenvalue weighted by Crippen LogP contribution is -2.38. The van der Waals surface area contributed by atoms with Gasteiger partial charge in [0, 0.05) is 0 Å². The summed E-state index contributed by atoms with van der Waals surface area (Å²) >= 11 is 0. The molecule has 0 aromatic carbocycles. The average molecular weight is 338 g/mol. The van der Waals surface area contributed by atoms with Crippen molar-refractivity contribution < 1.29 is 19.1 Å². The Bertz CT molecular complexity index is 393. The van der Waals surface area contributed by atoms with E-state index in [0.29, 0.717) is 11.8 Å². The van der Waals surface area contributed by atoms with E-state index in [1.54, 1.807) is 0 Å². The van der Waals surface area contributed by atoms with Crippen molar-refractivity contribution >= 4 is 11.9 Å². The number of carbonyl (C=O) groups is 2. The van der Waals surface area contributed by atoms with E-state index in [9.17, 15) is 9.59 Å². The minimum absolute atomic E-state index is 0.00146. The quantitative estimate of drug-likeness (QED) is 0.669. The number of ether oxygens (including phenoxy) is 2. The van der Waals surface area contributed by atoms with Gasteiger partial charge in [-0.3, -0.25) is 9.59 Å². The summed E-state index contributed by atoms with van der Waals surface area (Å²) in [5.41, 5.74) is 0. The van der Waals surface area contributed by atoms with Gasteiger partial charge in [0.05, 0.1) is 11.8 Å². The van der Waals surface area contributed by atoms with Crippen LogP contribution < -0.4 is 0 Å². The van der Waals surface area contributed by atoms with Gasteiger partial charge in [-0.05, 0) is 63.2 Å². The molecule has 2 fully saturated rings. The molecule has 4 nitrogen and oxygen atoms in total. The first-order valence-electron chi connectivity index (χ1n) is 9.85. The molecule has 0 aromatic rings. The summed E-state index contributed by atoms with van der Waals surface area (Å²) in [6.45, 7) is 7.91. The summed E-state index contributed by atoms with van der Waals surface area (Å²) in [5.74, 6) is 1.14. The van der Waals surface area contributed by atoms with Crippen LogP contribution in [-0.4, -0.2) is 24.1 Å². The van der Waals surface area contributed by atoms with Crippen molar-refractivity contribution in [1.29, 1.82) is 0 Å². The van der Waals surface area contributed by atoms with E-state index < -0.39 is 0 Å². The molecule has 6 atom stereocenters. The number of hydrogen-bond donors (Lipinski definition) is 0. The molecule has 0 N–H and O–H groups in total. The maximum Gasteiger partial charge on any atom is 0.308 e. The summed E-state index contributed by atoms with van der Waals surface area (Å²) < 4.78 is 11.4. The third-order valence-electron chi connectivity index (χ3n) is 6.11. The highest BCUT2D eigenvalue weighted by atomic mass is 16.5. The van der Waals surface area contributed by atoms with E-state index in [1.807, 2.05) is 27.7 Å². The summed E-state index contributed by atoms with van der Waals surface area (Å²) in [6.07, 6.45) is 7.89. The maximum absolute atomic E-state index is 12.0. The molecule has 0 aliphatic heterocycles. The zero-order valence-electron chi connectivity index (χ0n) is 15.8. The fourth-order valence-corrected chi connectivity index (χ4v) is 3.91. The van der Waals surface area contributed by atoms with Crippen LogP contribution in [0.3, 0.4) is 0 Å². The number of carbonyl (C=O) groups excluding carboxylic acids is 2. The Morgan fingerprint density at radius 2 is 1.17 bits per heavy atom. The van der Waals surface area contributed by atoms with Crippen LogP contribution in [0.2, 0.25) is 0 Å². The Morgan fingerprint density at radius 3 is 1.50 bits per heavy atom. The summed E-state index contributed by atoms with van der Waals surface area (Å²) in [4.78, 5) is 24.0. The molecule has 138 valence electrons. The van der Waals surface area contributed by atoms with Crippen LogP contribution in [0.15, 0.2) is 0 Å². The van der Waals surface area contributed by atoms with E-state index >= 15 is 0 Å². The summed E-state index contributed by atoms with van der Waals surface area (Å²) in [7, 11) is 0. The molecule has 0 bridgehead atoms. The zero-order chi connectivity index (χ0) is 17.7. The largest absolute Gasteiger partial charge is 0.462 e. The second kappa shape index (κ2) is 8.87. The van der Waals surface area contributed by atoms with Gasteiger partial charge in [-0.15, -0.1) is 0 Å². The van der Waals surface area contributed by atoms with Gasteiger partial charge in [-0.25, -0.2) is 0 Å². The smallest absolute Gasteiger partial charge is 0.308 e. The number of fused-ring (bicyclic) bond motifs is 1. The van der Waals surface area contributed by atoms with Crippen molar-refractivity contribution in [1.82, 2.24) is 0 Å². The molecule has 0 saturated heterocycles. The number of hydrogen-bond acceptors (Lipinski definition) is 4. The fraction of sp³-hybridized carbons (Fsp3) is 0.900. The van der Waals surface area contributed by atoms with Crippen molar-refractivity contribution in [3.8, 4) is 0 Å². The van der Waals surface area contributed by atoms with E-state index in [0.717, 1.165) is 51.4 Å². The van der Waals surface area contributed by atoms with Crippen molar-refractivity contribution in [3.63, 3.8) is 0 Å². The Balaban J connectivity index is 1.79. The second-order valence-electron chi connectivity index (χ2n) is 7.88. The highest BCUT2D eigenvalue weighted by Gasteiger charge is 2.38. The lowest BCUT2D eigenvalue weighted by atomic mass is 9.69. The first-order valence-corrected chi connectivity index (χ1v) is 9.85. The van der Waals surface area contributed by atoms with Gasteiger partial charge in [-0.2, -0.15) is 0 Å². The first kappa shape index (κ1) is 19.3. The minimum Gasteiger partial charge on any atom is -0.462 e. The SMILES string of the molecule is CCC(C)C(=O)OC1CCC2CC(OC(=O)C(C)CC)CCC2C1.